The molecule has 2 heteroatoms. The maximum absolute atomic E-state index is 5.71. The molecule has 0 bridgehead atoms. The molecule has 0 saturated carbocycles. The van der Waals surface area contributed by atoms with Gasteiger partial charge in [0.05, 0.1) is 6.10 Å². The largest absolute Gasteiger partial charge is 0.491 e. The first-order valence-corrected chi connectivity index (χ1v) is 7.14. The van der Waals surface area contributed by atoms with Crippen LogP contribution in [-0.4, -0.2) is 19.2 Å². The molecule has 0 amide bonds. The van der Waals surface area contributed by atoms with Gasteiger partial charge in [0.2, 0.25) is 0 Å². The van der Waals surface area contributed by atoms with E-state index in [0.717, 1.165) is 18.8 Å². The lowest BCUT2D eigenvalue weighted by Crippen LogP contribution is -2.39. The summed E-state index contributed by atoms with van der Waals surface area (Å²) in [5, 5.41) is 3.46. The zero-order chi connectivity index (χ0) is 13.0. The fourth-order valence-electron chi connectivity index (χ4n) is 2.91. The highest BCUT2D eigenvalue weighted by molar-refractivity contribution is 5.33. The Balaban J connectivity index is 2.16. The molecule has 0 radical (unpaired) electrons. The summed E-state index contributed by atoms with van der Waals surface area (Å²) in [4.78, 5) is 0. The second-order valence-corrected chi connectivity index (χ2v) is 5.57. The molecule has 1 saturated heterocycles. The van der Waals surface area contributed by atoms with Gasteiger partial charge in [0.1, 0.15) is 5.75 Å². The maximum atomic E-state index is 5.71. The van der Waals surface area contributed by atoms with Gasteiger partial charge in [-0.25, -0.2) is 0 Å². The number of benzene rings is 1. The van der Waals surface area contributed by atoms with Crippen molar-refractivity contribution in [2.75, 3.05) is 13.1 Å². The van der Waals surface area contributed by atoms with E-state index < -0.39 is 0 Å². The van der Waals surface area contributed by atoms with Gasteiger partial charge in [-0.1, -0.05) is 19.1 Å². The summed E-state index contributed by atoms with van der Waals surface area (Å²) in [5.41, 5.74) is 1.85. The summed E-state index contributed by atoms with van der Waals surface area (Å²) in [6.07, 6.45) is 3.95. The Morgan fingerprint density at radius 3 is 2.28 bits per heavy atom. The summed E-state index contributed by atoms with van der Waals surface area (Å²) in [5.74, 6) is 0.980. The minimum atomic E-state index is 0.245. The van der Waals surface area contributed by atoms with Crippen molar-refractivity contribution in [3.05, 3.63) is 29.8 Å². The molecule has 18 heavy (non-hydrogen) atoms. The van der Waals surface area contributed by atoms with Crippen LogP contribution in [0.15, 0.2) is 24.3 Å². The van der Waals surface area contributed by atoms with Crippen molar-refractivity contribution in [1.82, 2.24) is 5.32 Å². The molecule has 1 aromatic carbocycles. The average Bonchev–Trinajstić information content (AvgIpc) is 2.39. The van der Waals surface area contributed by atoms with Crippen LogP contribution in [0.4, 0.5) is 0 Å². The molecule has 1 aliphatic heterocycles. The van der Waals surface area contributed by atoms with E-state index in [0.29, 0.717) is 5.41 Å². The van der Waals surface area contributed by atoms with Gasteiger partial charge in [-0.3, -0.25) is 0 Å². The van der Waals surface area contributed by atoms with Crippen LogP contribution in [-0.2, 0) is 5.41 Å². The minimum Gasteiger partial charge on any atom is -0.491 e. The van der Waals surface area contributed by atoms with Crippen molar-refractivity contribution >= 4 is 0 Å². The van der Waals surface area contributed by atoms with Crippen LogP contribution in [0.2, 0.25) is 0 Å². The Bertz CT molecular complexity index is 363. The molecule has 0 aromatic heterocycles. The van der Waals surface area contributed by atoms with Crippen LogP contribution in [0.3, 0.4) is 0 Å². The Hall–Kier alpha value is -1.02. The number of nitrogens with one attached hydrogen (secondary N) is 1. The van der Waals surface area contributed by atoms with E-state index in [1.54, 1.807) is 0 Å². The second-order valence-electron chi connectivity index (χ2n) is 5.57. The first-order chi connectivity index (χ1) is 8.66. The van der Waals surface area contributed by atoms with E-state index in [4.69, 9.17) is 4.74 Å². The minimum absolute atomic E-state index is 0.245. The second kappa shape index (κ2) is 5.75. The highest BCUT2D eigenvalue weighted by Gasteiger charge is 2.31. The van der Waals surface area contributed by atoms with E-state index in [-0.39, 0.29) is 6.10 Å². The summed E-state index contributed by atoms with van der Waals surface area (Å²) in [6, 6.07) is 8.75. The van der Waals surface area contributed by atoms with Crippen LogP contribution in [0.25, 0.3) is 0 Å². The predicted octanol–water partition coefficient (Wildman–Crippen LogP) is 3.51. The summed E-state index contributed by atoms with van der Waals surface area (Å²) < 4.78 is 5.71. The lowest BCUT2D eigenvalue weighted by molar-refractivity contribution is 0.242. The molecule has 0 unspecified atom stereocenters. The molecule has 0 spiro atoms. The van der Waals surface area contributed by atoms with Gasteiger partial charge in [0.15, 0.2) is 0 Å². The molecule has 1 aliphatic rings. The summed E-state index contributed by atoms with van der Waals surface area (Å²) >= 11 is 0. The zero-order valence-corrected chi connectivity index (χ0v) is 11.8. The molecule has 1 heterocycles. The van der Waals surface area contributed by atoms with Crippen molar-refractivity contribution in [3.8, 4) is 5.75 Å². The molecule has 1 fully saturated rings. The van der Waals surface area contributed by atoms with E-state index in [2.05, 4.69) is 50.4 Å². The summed E-state index contributed by atoms with van der Waals surface area (Å²) in [6.45, 7) is 8.71. The fourth-order valence-corrected chi connectivity index (χ4v) is 2.91. The summed E-state index contributed by atoms with van der Waals surface area (Å²) in [7, 11) is 0. The lowest BCUT2D eigenvalue weighted by atomic mass is 9.71. The number of rotatable bonds is 4. The average molecular weight is 247 g/mol. The first-order valence-electron chi connectivity index (χ1n) is 7.14. The fraction of sp³-hybridized carbons (Fsp3) is 0.625. The van der Waals surface area contributed by atoms with Gasteiger partial charge in [-0.05, 0) is 69.3 Å². The smallest absolute Gasteiger partial charge is 0.119 e. The predicted molar refractivity (Wildman–Crippen MR) is 76.3 cm³/mol. The van der Waals surface area contributed by atoms with Crippen LogP contribution < -0.4 is 10.1 Å². The molecule has 1 aromatic rings. The molecule has 2 nitrogen and oxygen atoms in total. The van der Waals surface area contributed by atoms with E-state index in [1.165, 1.54) is 24.8 Å². The van der Waals surface area contributed by atoms with Gasteiger partial charge in [-0.15, -0.1) is 0 Å². The van der Waals surface area contributed by atoms with Crippen LogP contribution in [0.5, 0.6) is 5.75 Å². The van der Waals surface area contributed by atoms with Crippen molar-refractivity contribution < 1.29 is 4.74 Å². The van der Waals surface area contributed by atoms with Crippen molar-refractivity contribution in [2.45, 2.75) is 51.6 Å². The Labute approximate surface area is 111 Å². The Morgan fingerprint density at radius 1 is 1.17 bits per heavy atom. The van der Waals surface area contributed by atoms with E-state index in [1.807, 2.05) is 0 Å². The number of hydrogen-bond donors (Lipinski definition) is 1. The van der Waals surface area contributed by atoms with Crippen molar-refractivity contribution in [2.24, 2.45) is 0 Å². The zero-order valence-electron chi connectivity index (χ0n) is 11.8. The number of piperidine rings is 1. The topological polar surface area (TPSA) is 21.3 Å². The Morgan fingerprint density at radius 2 is 1.78 bits per heavy atom. The number of hydrogen-bond acceptors (Lipinski definition) is 2. The molecule has 0 atom stereocenters. The van der Waals surface area contributed by atoms with Crippen LogP contribution in [0, 0.1) is 0 Å². The van der Waals surface area contributed by atoms with Gasteiger partial charge < -0.3 is 10.1 Å². The van der Waals surface area contributed by atoms with E-state index >= 15 is 0 Å². The first kappa shape index (κ1) is 13.4. The molecule has 100 valence electrons. The van der Waals surface area contributed by atoms with E-state index in [9.17, 15) is 0 Å². The molecule has 1 N–H and O–H groups in total. The maximum Gasteiger partial charge on any atom is 0.119 e. The quantitative estimate of drug-likeness (QED) is 0.879. The van der Waals surface area contributed by atoms with Crippen LogP contribution in [0.1, 0.15) is 45.6 Å². The van der Waals surface area contributed by atoms with Gasteiger partial charge >= 0.3 is 0 Å². The normalized spacial score (nSPS) is 18.9. The van der Waals surface area contributed by atoms with Gasteiger partial charge in [0, 0.05) is 0 Å². The SMILES string of the molecule is CCC1(c2ccc(OC(C)C)cc2)CCNCC1. The highest BCUT2D eigenvalue weighted by Crippen LogP contribution is 2.37. The van der Waals surface area contributed by atoms with Crippen LogP contribution >= 0.6 is 0 Å². The monoisotopic (exact) mass is 247 g/mol. The molecular formula is C16H25NO. The third-order valence-corrected chi connectivity index (χ3v) is 4.08. The van der Waals surface area contributed by atoms with Gasteiger partial charge in [0.25, 0.3) is 0 Å². The molecule has 0 aliphatic carbocycles. The Kier molecular flexibility index (Phi) is 4.28. The third-order valence-electron chi connectivity index (χ3n) is 4.08. The van der Waals surface area contributed by atoms with Gasteiger partial charge in [-0.2, -0.15) is 0 Å². The molecular weight excluding hydrogens is 222 g/mol. The number of ether oxygens (including phenoxy) is 1. The third kappa shape index (κ3) is 2.86. The standard InChI is InChI=1S/C16H25NO/c1-4-16(9-11-17-12-10-16)14-5-7-15(8-6-14)18-13(2)3/h5-8,13,17H,4,9-12H2,1-3H3. The molecule has 2 rings (SSSR count). The lowest BCUT2D eigenvalue weighted by Gasteiger charge is -2.37. The highest BCUT2D eigenvalue weighted by atomic mass is 16.5. The van der Waals surface area contributed by atoms with Crippen molar-refractivity contribution in [3.63, 3.8) is 0 Å². The van der Waals surface area contributed by atoms with Crippen molar-refractivity contribution in [1.29, 1.82) is 0 Å².